The van der Waals surface area contributed by atoms with Crippen LogP contribution in [0.3, 0.4) is 0 Å². The van der Waals surface area contributed by atoms with Crippen molar-refractivity contribution in [2.75, 3.05) is 5.32 Å². The highest BCUT2D eigenvalue weighted by Gasteiger charge is 2.30. The summed E-state index contributed by atoms with van der Waals surface area (Å²) in [6, 6.07) is 7.82. The van der Waals surface area contributed by atoms with E-state index in [2.05, 4.69) is 31.4 Å². The minimum Gasteiger partial charge on any atom is -0.305 e. The van der Waals surface area contributed by atoms with Crippen LogP contribution in [0.4, 0.5) is 19.0 Å². The molecule has 2 heterocycles. The third-order valence-electron chi connectivity index (χ3n) is 3.80. The Hall–Kier alpha value is -1.87. The second kappa shape index (κ2) is 7.40. The average molecular weight is 444 g/mol. The zero-order valence-electron chi connectivity index (χ0n) is 13.4. The number of carbonyl (C=O) groups is 1. The Morgan fingerprint density at radius 2 is 1.85 bits per heavy atom. The maximum Gasteiger partial charge on any atom is 0.416 e. The number of hydrogen-bond donors (Lipinski definition) is 1. The van der Waals surface area contributed by atoms with E-state index in [9.17, 15) is 18.0 Å². The molecule has 1 aromatic heterocycles. The van der Waals surface area contributed by atoms with Gasteiger partial charge in [0.25, 0.3) is 5.91 Å². The Kier molecular flexibility index (Phi) is 5.38. The largest absolute Gasteiger partial charge is 0.416 e. The van der Waals surface area contributed by atoms with Gasteiger partial charge in [-0.05, 0) is 29.7 Å². The molecule has 2 atom stereocenters. The van der Waals surface area contributed by atoms with E-state index in [1.54, 1.807) is 23.9 Å². The van der Waals surface area contributed by atoms with E-state index in [1.807, 2.05) is 12.3 Å². The fourth-order valence-electron chi connectivity index (χ4n) is 2.32. The van der Waals surface area contributed by atoms with Crippen molar-refractivity contribution in [3.05, 3.63) is 52.9 Å². The molecule has 3 rings (SSSR count). The van der Waals surface area contributed by atoms with Crippen LogP contribution in [0.2, 0.25) is 0 Å². The van der Waals surface area contributed by atoms with Gasteiger partial charge in [-0.3, -0.25) is 4.79 Å². The number of nitrogens with one attached hydrogen (secondary N) is 1. The molecule has 1 aliphatic rings. The number of anilines is 1. The van der Waals surface area contributed by atoms with Crippen LogP contribution in [-0.2, 0) is 11.0 Å². The molecule has 26 heavy (non-hydrogen) atoms. The first kappa shape index (κ1) is 18.9. The maximum atomic E-state index is 12.6. The van der Waals surface area contributed by atoms with Gasteiger partial charge in [0.15, 0.2) is 5.82 Å². The van der Waals surface area contributed by atoms with Crippen molar-refractivity contribution in [3.63, 3.8) is 0 Å². The number of thioether (sulfide) groups is 1. The highest BCUT2D eigenvalue weighted by molar-refractivity contribution is 9.09. The molecule has 9 heteroatoms. The topological polar surface area (TPSA) is 54.9 Å². The third kappa shape index (κ3) is 4.09. The van der Waals surface area contributed by atoms with Crippen LogP contribution in [0.25, 0.3) is 11.3 Å². The molecular formula is C17H13BrF3N3OS. The summed E-state index contributed by atoms with van der Waals surface area (Å²) in [5.74, 6) is 0.0103. The predicted octanol–water partition coefficient (Wildman–Crippen LogP) is 4.88. The number of carbonyl (C=O) groups excluding carboxylic acids is 1. The summed E-state index contributed by atoms with van der Waals surface area (Å²) in [5, 5.41) is 12.6. The third-order valence-corrected chi connectivity index (χ3v) is 6.52. The van der Waals surface area contributed by atoms with Crippen LogP contribution < -0.4 is 5.32 Å². The van der Waals surface area contributed by atoms with Gasteiger partial charge in [0.1, 0.15) is 0 Å². The lowest BCUT2D eigenvalue weighted by Crippen LogP contribution is -2.22. The lowest BCUT2D eigenvalue weighted by molar-refractivity contribution is -0.137. The number of rotatable bonds is 3. The van der Waals surface area contributed by atoms with Crippen molar-refractivity contribution >= 4 is 39.4 Å². The molecule has 0 spiro atoms. The molecule has 2 aromatic rings. The zero-order valence-corrected chi connectivity index (χ0v) is 15.8. The number of nitrogens with zero attached hydrogens (tertiary/aromatic N) is 2. The quantitative estimate of drug-likeness (QED) is 0.686. The molecule has 0 bridgehead atoms. The predicted molar refractivity (Wildman–Crippen MR) is 99.0 cm³/mol. The summed E-state index contributed by atoms with van der Waals surface area (Å²) in [7, 11) is 0. The van der Waals surface area contributed by atoms with Gasteiger partial charge in [-0.1, -0.05) is 35.0 Å². The summed E-state index contributed by atoms with van der Waals surface area (Å²) in [5.41, 5.74) is 0.822. The highest BCUT2D eigenvalue weighted by Crippen LogP contribution is 2.35. The van der Waals surface area contributed by atoms with E-state index >= 15 is 0 Å². The standard InChI is InChI=1S/C17H13BrF3N3OS/c1-9-15(18)12(8-26-9)16(25)22-14-7-6-13(23-24-14)10-2-4-11(5-3-10)17(19,20)21/h2-9,15H,1H3,(H,22,24,25). The van der Waals surface area contributed by atoms with Crippen molar-refractivity contribution in [1.82, 2.24) is 10.2 Å². The number of hydrogen-bond acceptors (Lipinski definition) is 4. The summed E-state index contributed by atoms with van der Waals surface area (Å²) < 4.78 is 37.8. The van der Waals surface area contributed by atoms with Gasteiger partial charge in [-0.2, -0.15) is 13.2 Å². The molecule has 0 saturated heterocycles. The molecule has 0 saturated carbocycles. The number of benzene rings is 1. The number of alkyl halides is 4. The summed E-state index contributed by atoms with van der Waals surface area (Å²) >= 11 is 5.05. The maximum absolute atomic E-state index is 12.6. The van der Waals surface area contributed by atoms with E-state index in [-0.39, 0.29) is 21.8 Å². The fourth-order valence-corrected chi connectivity index (χ4v) is 4.11. The van der Waals surface area contributed by atoms with Crippen molar-refractivity contribution in [2.24, 2.45) is 0 Å². The summed E-state index contributed by atoms with van der Waals surface area (Å²) in [6.07, 6.45) is -4.38. The summed E-state index contributed by atoms with van der Waals surface area (Å²) in [4.78, 5) is 12.2. The average Bonchev–Trinajstić information content (AvgIpc) is 2.94. The van der Waals surface area contributed by atoms with E-state index in [0.717, 1.165) is 12.1 Å². The van der Waals surface area contributed by atoms with Gasteiger partial charge in [0, 0.05) is 16.4 Å². The fraction of sp³-hybridized carbons (Fsp3) is 0.235. The van der Waals surface area contributed by atoms with Crippen LogP contribution in [0.1, 0.15) is 12.5 Å². The van der Waals surface area contributed by atoms with Gasteiger partial charge < -0.3 is 5.32 Å². The van der Waals surface area contributed by atoms with Gasteiger partial charge in [-0.15, -0.1) is 22.0 Å². The van der Waals surface area contributed by atoms with Crippen LogP contribution in [0, 0.1) is 0 Å². The smallest absolute Gasteiger partial charge is 0.305 e. The zero-order chi connectivity index (χ0) is 18.9. The van der Waals surface area contributed by atoms with Crippen LogP contribution in [0.5, 0.6) is 0 Å². The van der Waals surface area contributed by atoms with Crippen LogP contribution >= 0.6 is 27.7 Å². The minimum absolute atomic E-state index is 0.0353. The van der Waals surface area contributed by atoms with Crippen molar-refractivity contribution in [3.8, 4) is 11.3 Å². The van der Waals surface area contributed by atoms with Gasteiger partial charge in [0.05, 0.1) is 16.1 Å². The highest BCUT2D eigenvalue weighted by atomic mass is 79.9. The van der Waals surface area contributed by atoms with E-state index in [4.69, 9.17) is 0 Å². The molecule has 0 aliphatic carbocycles. The molecule has 2 unspecified atom stereocenters. The van der Waals surface area contributed by atoms with Gasteiger partial charge in [0.2, 0.25) is 0 Å². The minimum atomic E-state index is -4.38. The molecule has 1 aromatic carbocycles. The number of aromatic nitrogens is 2. The first-order valence-corrected chi connectivity index (χ1v) is 9.44. The SMILES string of the molecule is CC1SC=C(C(=O)Nc2ccc(-c3ccc(C(F)(F)F)cc3)nn2)C1Br. The number of halogens is 4. The normalized spacial score (nSPS) is 20.0. The van der Waals surface area contributed by atoms with Crippen molar-refractivity contribution in [1.29, 1.82) is 0 Å². The Labute approximate surface area is 160 Å². The summed E-state index contributed by atoms with van der Waals surface area (Å²) in [6.45, 7) is 2.01. The van der Waals surface area contributed by atoms with Crippen LogP contribution in [-0.4, -0.2) is 26.2 Å². The molecule has 0 radical (unpaired) electrons. The molecule has 1 N–H and O–H groups in total. The van der Waals surface area contributed by atoms with E-state index in [1.165, 1.54) is 12.1 Å². The number of amides is 1. The van der Waals surface area contributed by atoms with Crippen molar-refractivity contribution < 1.29 is 18.0 Å². The Balaban J connectivity index is 1.70. The lowest BCUT2D eigenvalue weighted by atomic mass is 10.1. The molecule has 1 aliphatic heterocycles. The van der Waals surface area contributed by atoms with Gasteiger partial charge in [-0.25, -0.2) is 0 Å². The monoisotopic (exact) mass is 443 g/mol. The Morgan fingerprint density at radius 3 is 2.35 bits per heavy atom. The van der Waals surface area contributed by atoms with E-state index in [0.29, 0.717) is 16.8 Å². The second-order valence-electron chi connectivity index (χ2n) is 5.65. The van der Waals surface area contributed by atoms with Crippen molar-refractivity contribution in [2.45, 2.75) is 23.2 Å². The molecule has 4 nitrogen and oxygen atoms in total. The Morgan fingerprint density at radius 1 is 1.15 bits per heavy atom. The molecule has 1 amide bonds. The van der Waals surface area contributed by atoms with Gasteiger partial charge >= 0.3 is 6.18 Å². The first-order chi connectivity index (χ1) is 12.3. The second-order valence-corrected chi connectivity index (χ2v) is 7.89. The first-order valence-electron chi connectivity index (χ1n) is 7.58. The molecule has 0 fully saturated rings. The van der Waals surface area contributed by atoms with Crippen LogP contribution in [0.15, 0.2) is 47.4 Å². The Bertz CT molecular complexity index is 838. The molecule has 136 valence electrons. The van der Waals surface area contributed by atoms with E-state index < -0.39 is 11.7 Å². The molecular weight excluding hydrogens is 431 g/mol. The lowest BCUT2D eigenvalue weighted by Gasteiger charge is -2.11.